The molecule has 132 valence electrons. The smallest absolute Gasteiger partial charge is 0.335 e. The average molecular weight is 337 g/mol. The Morgan fingerprint density at radius 1 is 1.17 bits per heavy atom. The normalized spacial score (nSPS) is 16.5. The van der Waals surface area contributed by atoms with Gasteiger partial charge in [-0.25, -0.2) is 4.79 Å². The molecular weight excluding hydrogens is 314 g/mol. The van der Waals surface area contributed by atoms with Gasteiger partial charge in [-0.15, -0.1) is 0 Å². The van der Waals surface area contributed by atoms with Crippen molar-refractivity contribution in [3.63, 3.8) is 0 Å². The number of carbonyl (C=O) groups excluding carboxylic acids is 1. The molecule has 1 aromatic rings. The van der Waals surface area contributed by atoms with Gasteiger partial charge in [0.25, 0.3) is 0 Å². The number of carboxylic acids is 1. The molecule has 1 aliphatic rings. The van der Waals surface area contributed by atoms with E-state index in [1.807, 2.05) is 0 Å². The summed E-state index contributed by atoms with van der Waals surface area (Å²) >= 11 is 0. The van der Waals surface area contributed by atoms with Crippen LogP contribution in [0.5, 0.6) is 11.5 Å². The van der Waals surface area contributed by atoms with Crippen molar-refractivity contribution < 1.29 is 29.3 Å². The molecule has 1 heterocycles. The maximum absolute atomic E-state index is 12.1. The fraction of sp³-hybridized carbons (Fsp3) is 0.529. The van der Waals surface area contributed by atoms with E-state index in [-0.39, 0.29) is 31.8 Å². The molecule has 0 unspecified atom stereocenters. The number of ether oxygens (including phenoxy) is 2. The van der Waals surface area contributed by atoms with Gasteiger partial charge in [-0.05, 0) is 30.7 Å². The number of amides is 1. The van der Waals surface area contributed by atoms with Crippen LogP contribution >= 0.6 is 0 Å². The zero-order valence-corrected chi connectivity index (χ0v) is 13.7. The third-order valence-corrected chi connectivity index (χ3v) is 4.20. The Balaban J connectivity index is 1.67. The van der Waals surface area contributed by atoms with Crippen LogP contribution in [0.25, 0.3) is 0 Å². The summed E-state index contributed by atoms with van der Waals surface area (Å²) in [6.07, 6.45) is 1.04. The maximum Gasteiger partial charge on any atom is 0.335 e. The van der Waals surface area contributed by atoms with E-state index < -0.39 is 11.6 Å². The minimum Gasteiger partial charge on any atom is -0.497 e. The topological polar surface area (TPSA) is 96.3 Å². The lowest BCUT2D eigenvalue weighted by molar-refractivity contribution is -0.165. The molecule has 0 aromatic heterocycles. The van der Waals surface area contributed by atoms with Crippen molar-refractivity contribution in [2.45, 2.75) is 31.3 Å². The van der Waals surface area contributed by atoms with Gasteiger partial charge >= 0.3 is 5.97 Å². The molecule has 1 aliphatic heterocycles. The zero-order valence-electron chi connectivity index (χ0n) is 13.7. The molecule has 0 spiro atoms. The molecule has 0 bridgehead atoms. The van der Waals surface area contributed by atoms with E-state index in [0.717, 1.165) is 5.75 Å². The van der Waals surface area contributed by atoms with Gasteiger partial charge in [0.15, 0.2) is 5.60 Å². The summed E-state index contributed by atoms with van der Waals surface area (Å²) in [5, 5.41) is 18.8. The molecular formula is C17H23NO6. The SMILES string of the molecule is COc1ccc(OCCCC(=O)N2CCC(O)(C(=O)O)CC2)cc1. The van der Waals surface area contributed by atoms with Gasteiger partial charge in [0, 0.05) is 32.4 Å². The first-order valence-electron chi connectivity index (χ1n) is 7.95. The van der Waals surface area contributed by atoms with E-state index in [1.165, 1.54) is 0 Å². The summed E-state index contributed by atoms with van der Waals surface area (Å²) in [6.45, 7) is 0.951. The zero-order chi connectivity index (χ0) is 17.6. The molecule has 1 saturated heterocycles. The quantitative estimate of drug-likeness (QED) is 0.728. The second-order valence-electron chi connectivity index (χ2n) is 5.85. The lowest BCUT2D eigenvalue weighted by Gasteiger charge is -2.35. The molecule has 0 atom stereocenters. The number of piperidine rings is 1. The number of carbonyl (C=O) groups is 2. The fourth-order valence-corrected chi connectivity index (χ4v) is 2.58. The lowest BCUT2D eigenvalue weighted by Crippen LogP contribution is -2.50. The summed E-state index contributed by atoms with van der Waals surface area (Å²) < 4.78 is 10.6. The number of benzene rings is 1. The first-order chi connectivity index (χ1) is 11.4. The highest BCUT2D eigenvalue weighted by Crippen LogP contribution is 2.23. The Morgan fingerprint density at radius 2 is 1.75 bits per heavy atom. The molecule has 2 rings (SSSR count). The van der Waals surface area contributed by atoms with Gasteiger partial charge in [0.05, 0.1) is 13.7 Å². The highest BCUT2D eigenvalue weighted by molar-refractivity contribution is 5.79. The number of methoxy groups -OCH3 is 1. The number of likely N-dealkylation sites (tertiary alicyclic amines) is 1. The van der Waals surface area contributed by atoms with Gasteiger partial charge in [-0.1, -0.05) is 0 Å². The first-order valence-corrected chi connectivity index (χ1v) is 7.95. The van der Waals surface area contributed by atoms with Crippen LogP contribution in [0.2, 0.25) is 0 Å². The molecule has 0 radical (unpaired) electrons. The van der Waals surface area contributed by atoms with Gasteiger partial charge in [0.2, 0.25) is 5.91 Å². The van der Waals surface area contributed by atoms with Crippen LogP contribution in [-0.4, -0.2) is 59.4 Å². The Kier molecular flexibility index (Phi) is 6.03. The Bertz CT molecular complexity index is 563. The van der Waals surface area contributed by atoms with E-state index in [2.05, 4.69) is 0 Å². The molecule has 1 amide bonds. The number of hydrogen-bond donors (Lipinski definition) is 2. The van der Waals surface area contributed by atoms with Crippen LogP contribution in [0.3, 0.4) is 0 Å². The molecule has 2 N–H and O–H groups in total. The van der Waals surface area contributed by atoms with Crippen LogP contribution in [0.15, 0.2) is 24.3 Å². The highest BCUT2D eigenvalue weighted by Gasteiger charge is 2.40. The van der Waals surface area contributed by atoms with E-state index in [4.69, 9.17) is 14.6 Å². The maximum atomic E-state index is 12.1. The van der Waals surface area contributed by atoms with E-state index in [9.17, 15) is 14.7 Å². The molecule has 7 nitrogen and oxygen atoms in total. The van der Waals surface area contributed by atoms with Gasteiger partial charge in [-0.3, -0.25) is 4.79 Å². The minimum atomic E-state index is -1.70. The molecule has 7 heteroatoms. The number of rotatable bonds is 7. The van der Waals surface area contributed by atoms with E-state index in [1.54, 1.807) is 36.3 Å². The summed E-state index contributed by atoms with van der Waals surface area (Å²) in [6, 6.07) is 7.21. The molecule has 1 fully saturated rings. The van der Waals surface area contributed by atoms with E-state index in [0.29, 0.717) is 25.2 Å². The number of nitrogens with zero attached hydrogens (tertiary/aromatic N) is 1. The first kappa shape index (κ1) is 18.1. The van der Waals surface area contributed by atoms with Crippen molar-refractivity contribution in [1.29, 1.82) is 0 Å². The molecule has 1 aromatic carbocycles. The van der Waals surface area contributed by atoms with Crippen molar-refractivity contribution >= 4 is 11.9 Å². The predicted molar refractivity (Wildman–Crippen MR) is 86.1 cm³/mol. The second-order valence-corrected chi connectivity index (χ2v) is 5.85. The Labute approximate surface area is 140 Å². The number of aliphatic hydroxyl groups is 1. The van der Waals surface area contributed by atoms with Crippen LogP contribution in [0, 0.1) is 0 Å². The van der Waals surface area contributed by atoms with Crippen LogP contribution in [0.4, 0.5) is 0 Å². The third-order valence-electron chi connectivity index (χ3n) is 4.20. The van der Waals surface area contributed by atoms with Crippen molar-refractivity contribution in [3.05, 3.63) is 24.3 Å². The van der Waals surface area contributed by atoms with Gasteiger partial charge in [-0.2, -0.15) is 0 Å². The van der Waals surface area contributed by atoms with Crippen LogP contribution < -0.4 is 9.47 Å². The monoisotopic (exact) mass is 337 g/mol. The number of aliphatic carboxylic acids is 1. The molecule has 24 heavy (non-hydrogen) atoms. The average Bonchev–Trinajstić information content (AvgIpc) is 2.59. The number of hydrogen-bond acceptors (Lipinski definition) is 5. The predicted octanol–water partition coefficient (Wildman–Crippen LogP) is 1.29. The lowest BCUT2D eigenvalue weighted by atomic mass is 9.91. The third kappa shape index (κ3) is 4.61. The fourth-order valence-electron chi connectivity index (χ4n) is 2.58. The van der Waals surface area contributed by atoms with Crippen LogP contribution in [-0.2, 0) is 9.59 Å². The Morgan fingerprint density at radius 3 is 2.29 bits per heavy atom. The van der Waals surface area contributed by atoms with E-state index >= 15 is 0 Å². The minimum absolute atomic E-state index is 0.0410. The van der Waals surface area contributed by atoms with Crippen molar-refractivity contribution in [1.82, 2.24) is 4.90 Å². The summed E-state index contributed by atoms with van der Waals surface area (Å²) in [7, 11) is 1.60. The summed E-state index contributed by atoms with van der Waals surface area (Å²) in [5.74, 6) is 0.208. The Hall–Kier alpha value is -2.28. The largest absolute Gasteiger partial charge is 0.497 e. The standard InChI is InChI=1S/C17H23NO6/c1-23-13-4-6-14(7-5-13)24-12-2-3-15(19)18-10-8-17(22,9-11-18)16(20)21/h4-7,22H,2-3,8-12H2,1H3,(H,20,21). The van der Waals surface area contributed by atoms with Gasteiger partial charge in [0.1, 0.15) is 11.5 Å². The summed E-state index contributed by atoms with van der Waals surface area (Å²) in [5.41, 5.74) is -1.70. The summed E-state index contributed by atoms with van der Waals surface area (Å²) in [4.78, 5) is 24.7. The second kappa shape index (κ2) is 8.01. The van der Waals surface area contributed by atoms with Crippen molar-refractivity contribution in [2.75, 3.05) is 26.8 Å². The van der Waals surface area contributed by atoms with Crippen LogP contribution in [0.1, 0.15) is 25.7 Å². The molecule has 0 saturated carbocycles. The highest BCUT2D eigenvalue weighted by atomic mass is 16.5. The van der Waals surface area contributed by atoms with Crippen molar-refractivity contribution in [3.8, 4) is 11.5 Å². The molecule has 0 aliphatic carbocycles. The number of carboxylic acid groups (broad SMARTS) is 1. The van der Waals surface area contributed by atoms with Gasteiger partial charge < -0.3 is 24.6 Å². The van der Waals surface area contributed by atoms with Crippen molar-refractivity contribution in [2.24, 2.45) is 0 Å².